The fraction of sp³-hybridized carbons (Fsp3) is 0.667. The van der Waals surface area contributed by atoms with Crippen molar-refractivity contribution < 1.29 is 45.0 Å². The zero-order valence-corrected chi connectivity index (χ0v) is 16.1. The van der Waals surface area contributed by atoms with Gasteiger partial charge in [0.25, 0.3) is 0 Å². The van der Waals surface area contributed by atoms with Gasteiger partial charge in [0.05, 0.1) is 25.9 Å². The van der Waals surface area contributed by atoms with E-state index < -0.39 is 55.4 Å². The van der Waals surface area contributed by atoms with Crippen LogP contribution in [-0.4, -0.2) is 106 Å². The van der Waals surface area contributed by atoms with Crippen LogP contribution in [0, 0.1) is 4.64 Å². The van der Waals surface area contributed by atoms with Gasteiger partial charge in [-0.3, -0.25) is 9.40 Å². The number of fused-ring (bicyclic) bond motifs is 1. The van der Waals surface area contributed by atoms with Gasteiger partial charge in [0, 0.05) is 0 Å². The minimum Gasteiger partial charge on any atom is -0.394 e. The van der Waals surface area contributed by atoms with Gasteiger partial charge < -0.3 is 45.1 Å². The maximum atomic E-state index is 10.4. The third-order valence-corrected chi connectivity index (χ3v) is 5.44. The third-order valence-electron chi connectivity index (χ3n) is 5.14. The molecule has 30 heavy (non-hydrogen) atoms. The summed E-state index contributed by atoms with van der Waals surface area (Å²) < 4.78 is 12.2. The number of nitrogens with one attached hydrogen (secondary N) is 2. The molecule has 14 nitrogen and oxygen atoms in total. The first-order valence-corrected chi connectivity index (χ1v) is 9.34. The van der Waals surface area contributed by atoms with Crippen LogP contribution in [0.4, 0.5) is 0 Å². The predicted molar refractivity (Wildman–Crippen MR) is 96.6 cm³/mol. The van der Waals surface area contributed by atoms with E-state index in [0.717, 1.165) is 0 Å². The zero-order valence-electron chi connectivity index (χ0n) is 15.3. The lowest BCUT2D eigenvalue weighted by molar-refractivity contribution is -0.246. The van der Waals surface area contributed by atoms with Crippen molar-refractivity contribution in [1.82, 2.24) is 25.0 Å². The lowest BCUT2D eigenvalue weighted by Gasteiger charge is -2.29. The summed E-state index contributed by atoms with van der Waals surface area (Å²) in [5.74, 6) is 0. The van der Waals surface area contributed by atoms with Crippen molar-refractivity contribution in [2.75, 3.05) is 13.2 Å². The molecule has 0 spiro atoms. The van der Waals surface area contributed by atoms with Crippen LogP contribution in [0.5, 0.6) is 0 Å². The van der Waals surface area contributed by atoms with Gasteiger partial charge in [-0.05, 0) is 0 Å². The molecule has 8 atom stereocenters. The summed E-state index contributed by atoms with van der Waals surface area (Å²) in [5, 5.41) is 59.8. The zero-order chi connectivity index (χ0) is 21.6. The van der Waals surface area contributed by atoms with Crippen molar-refractivity contribution in [3.63, 3.8) is 0 Å². The molecule has 2 saturated heterocycles. The largest absolute Gasteiger partial charge is 0.394 e. The van der Waals surface area contributed by atoms with Crippen molar-refractivity contribution >= 4 is 23.4 Å². The average molecular weight is 447 g/mol. The Morgan fingerprint density at radius 3 is 2.67 bits per heavy atom. The maximum Gasteiger partial charge on any atom is 0.218 e. The van der Waals surface area contributed by atoms with Gasteiger partial charge in [0.2, 0.25) is 12.0 Å². The van der Waals surface area contributed by atoms with E-state index in [1.54, 1.807) is 0 Å². The van der Waals surface area contributed by atoms with Gasteiger partial charge in [0.1, 0.15) is 41.7 Å². The second-order valence-electron chi connectivity index (χ2n) is 7.00. The van der Waals surface area contributed by atoms with Crippen LogP contribution in [0.25, 0.3) is 11.2 Å². The van der Waals surface area contributed by atoms with Crippen LogP contribution in [-0.2, 0) is 14.3 Å². The number of hydroxylamine groups is 1. The molecule has 2 aliphatic heterocycles. The number of nitrogens with zero attached hydrogens (tertiary/aromatic N) is 3. The Kier molecular flexibility index (Phi) is 5.86. The standard InChI is InChI=1S/C15H21N5O9S/c21-1-5-10(24)15(26,14(25)29-5)19-27-2-6-8(22)9(23)13(28-6)20-4-18-7-11(20)16-3-17-12(7)30/h3-6,8-10,13-14,19,21-26H,1-2H2,(H,16,17,30)/t5-,6-,8-,9-,10-,13-,14?,15+/m1/s1. The molecule has 166 valence electrons. The van der Waals surface area contributed by atoms with Crippen molar-refractivity contribution in [2.24, 2.45) is 0 Å². The molecule has 0 radical (unpaired) electrons. The van der Waals surface area contributed by atoms with Gasteiger partial charge in [-0.2, -0.15) is 5.48 Å². The van der Waals surface area contributed by atoms with Crippen LogP contribution in [0.2, 0.25) is 0 Å². The van der Waals surface area contributed by atoms with Gasteiger partial charge in [-0.1, -0.05) is 12.2 Å². The Morgan fingerprint density at radius 1 is 1.20 bits per heavy atom. The highest BCUT2D eigenvalue weighted by molar-refractivity contribution is 7.71. The highest BCUT2D eigenvalue weighted by atomic mass is 32.1. The lowest BCUT2D eigenvalue weighted by atomic mass is 10.1. The normalized spacial score (nSPS) is 39.2. The van der Waals surface area contributed by atoms with Gasteiger partial charge in [0.15, 0.2) is 10.9 Å². The molecule has 1 unspecified atom stereocenters. The first-order valence-electron chi connectivity index (χ1n) is 8.93. The molecule has 0 bridgehead atoms. The van der Waals surface area contributed by atoms with Crippen LogP contribution in [0.15, 0.2) is 12.7 Å². The summed E-state index contributed by atoms with van der Waals surface area (Å²) in [6, 6.07) is 0. The average Bonchev–Trinajstić information content (AvgIpc) is 3.34. The molecular formula is C15H21N5O9S. The van der Waals surface area contributed by atoms with Crippen molar-refractivity contribution in [2.45, 2.75) is 48.8 Å². The SMILES string of the molecule is OC[C@H]1OC(O)[C@](O)(NOC[C@H]2O[C@@H](n3cnc4c(=S)nc[nH]c43)[C@H](O)[C@@H]2O)[C@@H]1O. The number of imidazole rings is 1. The topological polar surface area (TPSA) is 208 Å². The number of aliphatic hydroxyl groups excluding tert-OH is 5. The van der Waals surface area contributed by atoms with Gasteiger partial charge in [-0.15, -0.1) is 0 Å². The number of aromatic amines is 1. The van der Waals surface area contributed by atoms with Crippen molar-refractivity contribution in [3.8, 4) is 0 Å². The van der Waals surface area contributed by atoms with E-state index >= 15 is 0 Å². The maximum absolute atomic E-state index is 10.4. The van der Waals surface area contributed by atoms with Crippen LogP contribution < -0.4 is 5.48 Å². The Labute approximate surface area is 173 Å². The first-order chi connectivity index (χ1) is 14.3. The van der Waals surface area contributed by atoms with E-state index in [1.165, 1.54) is 17.2 Å². The quantitative estimate of drug-likeness (QED) is 0.122. The predicted octanol–water partition coefficient (Wildman–Crippen LogP) is -3.61. The Hall–Kier alpha value is -1.63. The van der Waals surface area contributed by atoms with Crippen molar-refractivity contribution in [3.05, 3.63) is 17.3 Å². The van der Waals surface area contributed by atoms with Crippen molar-refractivity contribution in [1.29, 1.82) is 0 Å². The molecule has 0 aliphatic carbocycles. The third kappa shape index (κ3) is 3.43. The van der Waals surface area contributed by atoms with E-state index in [9.17, 15) is 25.5 Å². The molecule has 8 N–H and O–H groups in total. The second kappa shape index (κ2) is 8.13. The number of hydrogen-bond donors (Lipinski definition) is 8. The molecule has 4 heterocycles. The number of hydrogen-bond acceptors (Lipinski definition) is 13. The van der Waals surface area contributed by atoms with E-state index in [4.69, 9.17) is 31.6 Å². The highest BCUT2D eigenvalue weighted by Crippen LogP contribution is 2.32. The van der Waals surface area contributed by atoms with E-state index in [0.29, 0.717) is 11.2 Å². The Balaban J connectivity index is 1.43. The smallest absolute Gasteiger partial charge is 0.218 e. The lowest BCUT2D eigenvalue weighted by Crippen LogP contribution is -2.60. The number of H-pyrrole nitrogens is 1. The Morgan fingerprint density at radius 2 is 1.97 bits per heavy atom. The fourth-order valence-corrected chi connectivity index (χ4v) is 3.63. The Bertz CT molecular complexity index is 958. The second-order valence-corrected chi connectivity index (χ2v) is 7.38. The molecule has 2 aromatic heterocycles. The van der Waals surface area contributed by atoms with Crippen LogP contribution in [0.3, 0.4) is 0 Å². The summed E-state index contributed by atoms with van der Waals surface area (Å²) in [4.78, 5) is 16.0. The van der Waals surface area contributed by atoms with E-state index in [1.807, 2.05) is 0 Å². The molecule has 2 aliphatic rings. The summed E-state index contributed by atoms with van der Waals surface area (Å²) in [7, 11) is 0. The minimum atomic E-state index is -2.42. The number of rotatable bonds is 6. The summed E-state index contributed by atoms with van der Waals surface area (Å²) in [6.07, 6.45) is -6.85. The molecule has 0 saturated carbocycles. The van der Waals surface area contributed by atoms with Crippen LogP contribution >= 0.6 is 12.2 Å². The number of aliphatic hydroxyl groups is 6. The summed E-state index contributed by atoms with van der Waals surface area (Å²) in [6.45, 7) is -1.03. The molecule has 4 rings (SSSR count). The van der Waals surface area contributed by atoms with Gasteiger partial charge >= 0.3 is 0 Å². The highest BCUT2D eigenvalue weighted by Gasteiger charge is 2.55. The molecule has 15 heteroatoms. The van der Waals surface area contributed by atoms with Crippen LogP contribution in [0.1, 0.15) is 6.23 Å². The number of ether oxygens (including phenoxy) is 2. The fourth-order valence-electron chi connectivity index (χ4n) is 3.43. The molecule has 2 aromatic rings. The number of aromatic nitrogens is 4. The van der Waals surface area contributed by atoms with E-state index in [-0.39, 0.29) is 11.2 Å². The molecule has 2 fully saturated rings. The molecular weight excluding hydrogens is 426 g/mol. The minimum absolute atomic E-state index is 0.255. The summed E-state index contributed by atoms with van der Waals surface area (Å²) >= 11 is 5.10. The van der Waals surface area contributed by atoms with Gasteiger partial charge in [-0.25, -0.2) is 9.97 Å². The summed E-state index contributed by atoms with van der Waals surface area (Å²) in [5.41, 5.74) is 0.478. The molecule has 0 aromatic carbocycles. The molecule has 0 amide bonds. The monoisotopic (exact) mass is 447 g/mol. The first kappa shape index (κ1) is 21.6. The van der Waals surface area contributed by atoms with E-state index in [2.05, 4.69) is 20.4 Å².